The van der Waals surface area contributed by atoms with Gasteiger partial charge in [-0.15, -0.1) is 11.3 Å². The van der Waals surface area contributed by atoms with Gasteiger partial charge in [-0.2, -0.15) is 0 Å². The summed E-state index contributed by atoms with van der Waals surface area (Å²) < 4.78 is 32.5. The lowest BCUT2D eigenvalue weighted by Gasteiger charge is -2.13. The van der Waals surface area contributed by atoms with E-state index in [4.69, 9.17) is 4.74 Å². The van der Waals surface area contributed by atoms with Gasteiger partial charge in [0.1, 0.15) is 0 Å². The topological polar surface area (TPSA) is 67.4 Å². The number of aryl methyl sites for hydroxylation is 1. The van der Waals surface area contributed by atoms with Gasteiger partial charge in [0.25, 0.3) is 0 Å². The molecule has 1 atom stereocenters. The lowest BCUT2D eigenvalue weighted by atomic mass is 10.4. The summed E-state index contributed by atoms with van der Waals surface area (Å²) in [6.45, 7) is 10.1. The Labute approximate surface area is 125 Å². The molecule has 1 aromatic heterocycles. The van der Waals surface area contributed by atoms with E-state index in [1.54, 1.807) is 13.0 Å². The number of rotatable bonds is 9. The zero-order valence-electron chi connectivity index (χ0n) is 12.5. The lowest BCUT2D eigenvalue weighted by Crippen LogP contribution is -2.36. The molecule has 0 aliphatic heterocycles. The standard InChI is InChI=1S/C13H24N2O3S2/c1-5-14-8-12-7-13(11(4)19-12)20(16,17)15-10(3)9-18-6-2/h7,10,14-15H,5-6,8-9H2,1-4H3. The number of nitrogens with one attached hydrogen (secondary N) is 2. The van der Waals surface area contributed by atoms with E-state index in [1.807, 2.05) is 20.8 Å². The zero-order chi connectivity index (χ0) is 15.2. The Hall–Kier alpha value is -0.470. The van der Waals surface area contributed by atoms with E-state index in [1.165, 1.54) is 11.3 Å². The fourth-order valence-electron chi connectivity index (χ4n) is 1.78. The molecule has 2 N–H and O–H groups in total. The fourth-order valence-corrected chi connectivity index (χ4v) is 4.62. The van der Waals surface area contributed by atoms with E-state index in [-0.39, 0.29) is 6.04 Å². The zero-order valence-corrected chi connectivity index (χ0v) is 14.2. The van der Waals surface area contributed by atoms with Crippen LogP contribution >= 0.6 is 11.3 Å². The van der Waals surface area contributed by atoms with Crippen LogP contribution in [0.1, 0.15) is 30.5 Å². The molecule has 0 spiro atoms. The number of sulfonamides is 1. The van der Waals surface area contributed by atoms with Crippen molar-refractivity contribution in [2.45, 2.75) is 45.2 Å². The molecule has 0 aliphatic rings. The second-order valence-corrected chi connectivity index (χ2v) is 7.62. The van der Waals surface area contributed by atoms with Gasteiger partial charge in [-0.3, -0.25) is 0 Å². The summed E-state index contributed by atoms with van der Waals surface area (Å²) in [6, 6.07) is 1.51. The lowest BCUT2D eigenvalue weighted by molar-refractivity contribution is 0.133. The van der Waals surface area contributed by atoms with Gasteiger partial charge in [-0.05, 0) is 33.4 Å². The van der Waals surface area contributed by atoms with Gasteiger partial charge in [-0.25, -0.2) is 13.1 Å². The Bertz CT molecular complexity index is 512. The molecule has 5 nitrogen and oxygen atoms in total. The normalized spacial score (nSPS) is 13.6. The Morgan fingerprint density at radius 1 is 1.40 bits per heavy atom. The molecule has 1 unspecified atom stereocenters. The molecule has 1 rings (SSSR count). The maximum absolute atomic E-state index is 12.3. The van der Waals surface area contributed by atoms with E-state index < -0.39 is 10.0 Å². The van der Waals surface area contributed by atoms with Crippen molar-refractivity contribution < 1.29 is 13.2 Å². The molecule has 7 heteroatoms. The number of thiophene rings is 1. The second kappa shape index (κ2) is 8.09. The van der Waals surface area contributed by atoms with Crippen molar-refractivity contribution in [1.29, 1.82) is 0 Å². The molecular formula is C13H24N2O3S2. The largest absolute Gasteiger partial charge is 0.380 e. The fraction of sp³-hybridized carbons (Fsp3) is 0.692. The Balaban J connectivity index is 2.78. The smallest absolute Gasteiger partial charge is 0.241 e. The summed E-state index contributed by atoms with van der Waals surface area (Å²) in [5.74, 6) is 0. The van der Waals surface area contributed by atoms with E-state index >= 15 is 0 Å². The first-order chi connectivity index (χ1) is 9.40. The Morgan fingerprint density at radius 2 is 2.10 bits per heavy atom. The molecule has 0 aliphatic carbocycles. The highest BCUT2D eigenvalue weighted by Gasteiger charge is 2.21. The first-order valence-electron chi connectivity index (χ1n) is 6.80. The van der Waals surface area contributed by atoms with Gasteiger partial charge in [0.05, 0.1) is 11.5 Å². The van der Waals surface area contributed by atoms with Gasteiger partial charge in [-0.1, -0.05) is 6.92 Å². The van der Waals surface area contributed by atoms with Gasteiger partial charge in [0.2, 0.25) is 10.0 Å². The number of ether oxygens (including phenoxy) is 1. The molecule has 0 fully saturated rings. The van der Waals surface area contributed by atoms with Crippen LogP contribution in [0.25, 0.3) is 0 Å². The first-order valence-corrected chi connectivity index (χ1v) is 9.10. The summed E-state index contributed by atoms with van der Waals surface area (Å²) in [5, 5.41) is 3.20. The third-order valence-corrected chi connectivity index (χ3v) is 5.59. The van der Waals surface area contributed by atoms with Crippen LogP contribution in [0.2, 0.25) is 0 Å². The predicted octanol–water partition coefficient (Wildman–Crippen LogP) is 1.87. The highest BCUT2D eigenvalue weighted by atomic mass is 32.2. The summed E-state index contributed by atoms with van der Waals surface area (Å²) in [4.78, 5) is 2.22. The average molecular weight is 320 g/mol. The third kappa shape index (κ3) is 5.14. The molecule has 116 valence electrons. The van der Waals surface area contributed by atoms with E-state index in [0.29, 0.717) is 24.7 Å². The van der Waals surface area contributed by atoms with Gasteiger partial charge in [0, 0.05) is 28.9 Å². The van der Waals surface area contributed by atoms with Crippen LogP contribution < -0.4 is 10.0 Å². The quantitative estimate of drug-likeness (QED) is 0.729. The van der Waals surface area contributed by atoms with Crippen LogP contribution in [-0.2, 0) is 21.3 Å². The third-order valence-electron chi connectivity index (χ3n) is 2.69. The minimum Gasteiger partial charge on any atom is -0.380 e. The van der Waals surface area contributed by atoms with Crippen LogP contribution in [0.5, 0.6) is 0 Å². The molecule has 0 aromatic carbocycles. The second-order valence-electron chi connectivity index (χ2n) is 4.60. The van der Waals surface area contributed by atoms with Crippen molar-refractivity contribution in [1.82, 2.24) is 10.0 Å². The maximum Gasteiger partial charge on any atom is 0.241 e. The molecule has 1 aromatic rings. The van der Waals surface area contributed by atoms with Crippen molar-refractivity contribution in [3.63, 3.8) is 0 Å². The number of hydrogen-bond donors (Lipinski definition) is 2. The molecule has 0 amide bonds. The molecule has 0 bridgehead atoms. The van der Waals surface area contributed by atoms with Crippen molar-refractivity contribution in [3.05, 3.63) is 15.8 Å². The van der Waals surface area contributed by atoms with E-state index in [9.17, 15) is 8.42 Å². The minimum absolute atomic E-state index is 0.239. The minimum atomic E-state index is -3.47. The maximum atomic E-state index is 12.3. The highest BCUT2D eigenvalue weighted by Crippen LogP contribution is 2.25. The van der Waals surface area contributed by atoms with Gasteiger partial charge < -0.3 is 10.1 Å². The molecular weight excluding hydrogens is 296 g/mol. The molecule has 0 saturated heterocycles. The van der Waals surface area contributed by atoms with Crippen LogP contribution in [0.15, 0.2) is 11.0 Å². The summed E-state index contributed by atoms with van der Waals surface area (Å²) in [7, 11) is -3.47. The highest BCUT2D eigenvalue weighted by molar-refractivity contribution is 7.89. The first kappa shape index (κ1) is 17.6. The van der Waals surface area contributed by atoms with Crippen molar-refractivity contribution in [2.75, 3.05) is 19.8 Å². The molecule has 0 radical (unpaired) electrons. The molecule has 1 heterocycles. The molecule has 0 saturated carbocycles. The van der Waals surface area contributed by atoms with Gasteiger partial charge >= 0.3 is 0 Å². The summed E-state index contributed by atoms with van der Waals surface area (Å²) >= 11 is 1.51. The Morgan fingerprint density at radius 3 is 2.70 bits per heavy atom. The van der Waals surface area contributed by atoms with Crippen molar-refractivity contribution >= 4 is 21.4 Å². The Kier molecular flexibility index (Phi) is 7.11. The van der Waals surface area contributed by atoms with E-state index in [2.05, 4.69) is 10.0 Å². The van der Waals surface area contributed by atoms with Crippen LogP contribution in [0.4, 0.5) is 0 Å². The predicted molar refractivity (Wildman–Crippen MR) is 82.7 cm³/mol. The van der Waals surface area contributed by atoms with Crippen LogP contribution in [-0.4, -0.2) is 34.2 Å². The monoisotopic (exact) mass is 320 g/mol. The van der Waals surface area contributed by atoms with Crippen LogP contribution in [0, 0.1) is 6.92 Å². The summed E-state index contributed by atoms with van der Waals surface area (Å²) in [5.41, 5.74) is 0. The number of hydrogen-bond acceptors (Lipinski definition) is 5. The van der Waals surface area contributed by atoms with E-state index in [0.717, 1.165) is 16.3 Å². The average Bonchev–Trinajstić information content (AvgIpc) is 2.75. The van der Waals surface area contributed by atoms with Crippen LogP contribution in [0.3, 0.4) is 0 Å². The van der Waals surface area contributed by atoms with Gasteiger partial charge in [0.15, 0.2) is 0 Å². The molecule has 20 heavy (non-hydrogen) atoms. The van der Waals surface area contributed by atoms with Crippen molar-refractivity contribution in [2.24, 2.45) is 0 Å². The SMILES string of the molecule is CCNCc1cc(S(=O)(=O)NC(C)COCC)c(C)s1. The van der Waals surface area contributed by atoms with Crippen molar-refractivity contribution in [3.8, 4) is 0 Å². The summed E-state index contributed by atoms with van der Waals surface area (Å²) in [6.07, 6.45) is 0.